The average Bonchev–Trinajstić information content (AvgIpc) is 2.44. The minimum Gasteiger partial charge on any atom is -0.387 e. The lowest BCUT2D eigenvalue weighted by Gasteiger charge is -2.10. The maximum absolute atomic E-state index is 11.4. The summed E-state index contributed by atoms with van der Waals surface area (Å²) in [4.78, 5) is 0. The zero-order valence-corrected chi connectivity index (χ0v) is 5.82. The second-order valence-corrected chi connectivity index (χ2v) is 2.83. The van der Waals surface area contributed by atoms with E-state index in [2.05, 4.69) is 4.74 Å². The number of hydrogen-bond donors (Lipinski definition) is 1. The predicted molar refractivity (Wildman–Crippen MR) is 31.1 cm³/mol. The van der Waals surface area contributed by atoms with Crippen LogP contribution in [0.5, 0.6) is 0 Å². The first-order chi connectivity index (χ1) is 4.91. The van der Waals surface area contributed by atoms with Crippen molar-refractivity contribution in [3.8, 4) is 0 Å². The van der Waals surface area contributed by atoms with Crippen LogP contribution in [-0.2, 0) is 4.74 Å². The van der Waals surface area contributed by atoms with Crippen LogP contribution in [-0.4, -0.2) is 30.1 Å². The number of ether oxygens (including phenoxy) is 1. The van der Waals surface area contributed by atoms with Crippen molar-refractivity contribution >= 4 is 0 Å². The smallest absolute Gasteiger partial charge is 0.387 e. The first-order valence-electron chi connectivity index (χ1n) is 3.28. The Morgan fingerprint density at radius 2 is 1.91 bits per heavy atom. The molecule has 0 unspecified atom stereocenters. The summed E-state index contributed by atoms with van der Waals surface area (Å²) in [7, 11) is 0. The van der Waals surface area contributed by atoms with Gasteiger partial charge in [0.1, 0.15) is 6.61 Å². The molecule has 5 heteroatoms. The Kier molecular flexibility index (Phi) is 2.11. The van der Waals surface area contributed by atoms with Crippen LogP contribution in [0, 0.1) is 0 Å². The average molecular weight is 170 g/mol. The van der Waals surface area contributed by atoms with E-state index in [0.29, 0.717) is 12.8 Å². The monoisotopic (exact) mass is 170 g/mol. The number of rotatable bonds is 3. The van der Waals surface area contributed by atoms with Gasteiger partial charge in [-0.3, -0.25) is 0 Å². The standard InChI is InChI=1S/C6H9F3O2/c7-6(8,9)4-11-3-5(10)1-2-5/h10H,1-4H2. The van der Waals surface area contributed by atoms with Crippen molar-refractivity contribution in [1.82, 2.24) is 0 Å². The second-order valence-electron chi connectivity index (χ2n) is 2.83. The van der Waals surface area contributed by atoms with Crippen molar-refractivity contribution in [3.05, 3.63) is 0 Å². The van der Waals surface area contributed by atoms with Gasteiger partial charge < -0.3 is 9.84 Å². The maximum Gasteiger partial charge on any atom is 0.411 e. The van der Waals surface area contributed by atoms with Gasteiger partial charge in [0.2, 0.25) is 0 Å². The highest BCUT2D eigenvalue weighted by atomic mass is 19.4. The van der Waals surface area contributed by atoms with E-state index >= 15 is 0 Å². The lowest BCUT2D eigenvalue weighted by Crippen LogP contribution is -2.23. The first-order valence-corrected chi connectivity index (χ1v) is 3.28. The van der Waals surface area contributed by atoms with E-state index < -0.39 is 18.4 Å². The summed E-state index contributed by atoms with van der Waals surface area (Å²) < 4.78 is 38.6. The Labute approximate surface area is 62.0 Å². The molecule has 66 valence electrons. The highest BCUT2D eigenvalue weighted by Crippen LogP contribution is 2.35. The van der Waals surface area contributed by atoms with Gasteiger partial charge in [-0.25, -0.2) is 0 Å². The van der Waals surface area contributed by atoms with E-state index in [1.54, 1.807) is 0 Å². The fourth-order valence-electron chi connectivity index (χ4n) is 0.645. The van der Waals surface area contributed by atoms with Crippen LogP contribution < -0.4 is 0 Å². The van der Waals surface area contributed by atoms with Crippen LogP contribution in [0.3, 0.4) is 0 Å². The molecule has 0 aliphatic heterocycles. The molecule has 11 heavy (non-hydrogen) atoms. The van der Waals surface area contributed by atoms with E-state index in [9.17, 15) is 13.2 Å². The van der Waals surface area contributed by atoms with Crippen LogP contribution in [0.2, 0.25) is 0 Å². The quantitative estimate of drug-likeness (QED) is 0.687. The summed E-state index contributed by atoms with van der Waals surface area (Å²) in [5.74, 6) is 0. The molecule has 0 aromatic carbocycles. The molecule has 0 amide bonds. The van der Waals surface area contributed by atoms with Gasteiger partial charge in [0.05, 0.1) is 12.2 Å². The third-order valence-corrected chi connectivity index (χ3v) is 1.46. The van der Waals surface area contributed by atoms with Gasteiger partial charge in [0.15, 0.2) is 0 Å². The molecular formula is C6H9F3O2. The molecule has 1 N–H and O–H groups in total. The largest absolute Gasteiger partial charge is 0.411 e. The predicted octanol–water partition coefficient (Wildman–Crippen LogP) is 1.09. The van der Waals surface area contributed by atoms with Gasteiger partial charge in [-0.05, 0) is 12.8 Å². The van der Waals surface area contributed by atoms with E-state index in [4.69, 9.17) is 5.11 Å². The lowest BCUT2D eigenvalue weighted by molar-refractivity contribution is -0.180. The minimum absolute atomic E-state index is 0.202. The molecule has 0 heterocycles. The summed E-state index contributed by atoms with van der Waals surface area (Å²) in [6, 6.07) is 0. The molecule has 1 aliphatic carbocycles. The molecule has 0 saturated heterocycles. The van der Waals surface area contributed by atoms with Crippen molar-refractivity contribution in [2.45, 2.75) is 24.6 Å². The number of hydrogen-bond acceptors (Lipinski definition) is 2. The zero-order chi connectivity index (χ0) is 8.54. The topological polar surface area (TPSA) is 29.5 Å². The van der Waals surface area contributed by atoms with Gasteiger partial charge >= 0.3 is 6.18 Å². The summed E-state index contributed by atoms with van der Waals surface area (Å²) in [5.41, 5.74) is -0.953. The van der Waals surface area contributed by atoms with Gasteiger partial charge in [-0.2, -0.15) is 13.2 Å². The van der Waals surface area contributed by atoms with Crippen molar-refractivity contribution in [2.75, 3.05) is 13.2 Å². The van der Waals surface area contributed by atoms with Crippen molar-refractivity contribution in [1.29, 1.82) is 0 Å². The molecule has 0 bridgehead atoms. The third-order valence-electron chi connectivity index (χ3n) is 1.46. The Hall–Kier alpha value is -0.290. The Bertz CT molecular complexity index is 134. The van der Waals surface area contributed by atoms with Crippen LogP contribution in [0.25, 0.3) is 0 Å². The molecule has 0 aromatic heterocycles. The fraction of sp³-hybridized carbons (Fsp3) is 1.00. The maximum atomic E-state index is 11.4. The molecule has 1 rings (SSSR count). The first kappa shape index (κ1) is 8.80. The summed E-state index contributed by atoms with van der Waals surface area (Å²) in [5, 5.41) is 9.03. The minimum atomic E-state index is -4.29. The van der Waals surface area contributed by atoms with E-state index in [1.807, 2.05) is 0 Å². The van der Waals surface area contributed by atoms with Crippen LogP contribution in [0.4, 0.5) is 13.2 Å². The molecule has 1 fully saturated rings. The molecule has 1 aliphatic rings. The molecule has 0 radical (unpaired) electrons. The molecule has 0 aromatic rings. The van der Waals surface area contributed by atoms with E-state index in [1.165, 1.54) is 0 Å². The van der Waals surface area contributed by atoms with Crippen molar-refractivity contribution in [3.63, 3.8) is 0 Å². The lowest BCUT2D eigenvalue weighted by atomic mass is 10.4. The molecule has 0 spiro atoms. The highest BCUT2D eigenvalue weighted by Gasteiger charge is 2.41. The molecule has 1 saturated carbocycles. The van der Waals surface area contributed by atoms with Gasteiger partial charge in [0, 0.05) is 0 Å². The Morgan fingerprint density at radius 1 is 1.36 bits per heavy atom. The second kappa shape index (κ2) is 2.64. The fourth-order valence-corrected chi connectivity index (χ4v) is 0.645. The highest BCUT2D eigenvalue weighted by molar-refractivity contribution is 4.93. The SMILES string of the molecule is OC1(COCC(F)(F)F)CC1. The van der Waals surface area contributed by atoms with Crippen molar-refractivity contribution in [2.24, 2.45) is 0 Å². The van der Waals surface area contributed by atoms with Gasteiger partial charge in [0.25, 0.3) is 0 Å². The summed E-state index contributed by atoms with van der Waals surface area (Å²) in [6.07, 6.45) is -3.19. The number of halogens is 3. The third kappa shape index (κ3) is 3.57. The molecular weight excluding hydrogens is 161 g/mol. The van der Waals surface area contributed by atoms with Crippen LogP contribution in [0.1, 0.15) is 12.8 Å². The van der Waals surface area contributed by atoms with E-state index in [-0.39, 0.29) is 6.61 Å². The summed E-state index contributed by atoms with van der Waals surface area (Å²) in [6.45, 7) is -1.47. The van der Waals surface area contributed by atoms with Crippen LogP contribution >= 0.6 is 0 Å². The van der Waals surface area contributed by atoms with Crippen LogP contribution in [0.15, 0.2) is 0 Å². The summed E-state index contributed by atoms with van der Waals surface area (Å²) >= 11 is 0. The molecule has 2 nitrogen and oxygen atoms in total. The van der Waals surface area contributed by atoms with Gasteiger partial charge in [-0.1, -0.05) is 0 Å². The molecule has 0 atom stereocenters. The van der Waals surface area contributed by atoms with Gasteiger partial charge in [-0.15, -0.1) is 0 Å². The zero-order valence-electron chi connectivity index (χ0n) is 5.82. The number of alkyl halides is 3. The van der Waals surface area contributed by atoms with Crippen molar-refractivity contribution < 1.29 is 23.0 Å². The van der Waals surface area contributed by atoms with E-state index in [0.717, 1.165) is 0 Å². The Balaban J connectivity index is 2.05. The Morgan fingerprint density at radius 3 is 2.27 bits per heavy atom. The normalized spacial score (nSPS) is 21.8. The number of aliphatic hydroxyl groups is 1.